The molecule has 0 aromatic heterocycles. The van der Waals surface area contributed by atoms with E-state index in [1.54, 1.807) is 47.4 Å². The molecule has 9 nitrogen and oxygen atoms in total. The minimum Gasteiger partial charge on any atom is -0.456 e. The van der Waals surface area contributed by atoms with Gasteiger partial charge in [0, 0.05) is 33.9 Å². The molecule has 0 saturated heterocycles. The molecule has 0 aliphatic carbocycles. The highest BCUT2D eigenvalue weighted by Gasteiger charge is 2.30. The van der Waals surface area contributed by atoms with Crippen LogP contribution in [0.2, 0.25) is 5.02 Å². The monoisotopic (exact) mass is 576 g/mol. The van der Waals surface area contributed by atoms with Gasteiger partial charge in [-0.1, -0.05) is 29.8 Å². The molecule has 1 aliphatic rings. The van der Waals surface area contributed by atoms with Crippen LogP contribution in [0.4, 0.5) is 11.4 Å². The lowest BCUT2D eigenvalue weighted by Gasteiger charge is -2.25. The number of rotatable bonds is 7. The number of anilines is 2. The SMILES string of the molecule is Cc1ccccc1C(=O)Nc1ccc(C(=O)N2CCCC(OC(=O)CNC(=O)[C@H](C)N)c3cc(Cl)ccc32)c(C)c1. The fourth-order valence-corrected chi connectivity index (χ4v) is 4.93. The predicted molar refractivity (Wildman–Crippen MR) is 158 cm³/mol. The molecule has 1 aliphatic heterocycles. The van der Waals surface area contributed by atoms with Crippen LogP contribution < -0.4 is 21.3 Å². The van der Waals surface area contributed by atoms with Crippen LogP contribution in [0.15, 0.2) is 60.7 Å². The summed E-state index contributed by atoms with van der Waals surface area (Å²) in [7, 11) is 0. The number of hydrogen-bond acceptors (Lipinski definition) is 6. The van der Waals surface area contributed by atoms with Crippen LogP contribution in [0.5, 0.6) is 0 Å². The maximum atomic E-state index is 13.8. The number of esters is 1. The molecule has 41 heavy (non-hydrogen) atoms. The molecule has 4 N–H and O–H groups in total. The Morgan fingerprint density at radius 3 is 2.49 bits per heavy atom. The first-order chi connectivity index (χ1) is 19.5. The predicted octanol–water partition coefficient (Wildman–Crippen LogP) is 4.70. The van der Waals surface area contributed by atoms with Crippen LogP contribution in [-0.2, 0) is 14.3 Å². The van der Waals surface area contributed by atoms with Crippen molar-refractivity contribution in [3.05, 3.63) is 93.5 Å². The second-order valence-corrected chi connectivity index (χ2v) is 10.5. The van der Waals surface area contributed by atoms with Crippen LogP contribution in [0.1, 0.15) is 63.3 Å². The van der Waals surface area contributed by atoms with E-state index in [-0.39, 0.29) is 18.4 Å². The van der Waals surface area contributed by atoms with Crippen LogP contribution in [-0.4, -0.2) is 42.8 Å². The molecule has 0 bridgehead atoms. The zero-order valence-corrected chi connectivity index (χ0v) is 24.0. The zero-order chi connectivity index (χ0) is 29.7. The molecule has 10 heteroatoms. The van der Waals surface area contributed by atoms with Gasteiger partial charge in [0.25, 0.3) is 11.8 Å². The molecule has 0 fully saturated rings. The average Bonchev–Trinajstić information content (AvgIpc) is 3.10. The van der Waals surface area contributed by atoms with E-state index in [4.69, 9.17) is 22.1 Å². The summed E-state index contributed by atoms with van der Waals surface area (Å²) in [5.41, 5.74) is 9.94. The normalized spacial score (nSPS) is 15.2. The number of carbonyl (C=O) groups excluding carboxylic acids is 4. The Kier molecular flexibility index (Phi) is 9.42. The molecule has 0 spiro atoms. The van der Waals surface area contributed by atoms with E-state index in [1.807, 2.05) is 32.0 Å². The summed E-state index contributed by atoms with van der Waals surface area (Å²) in [6.07, 6.45) is 0.375. The van der Waals surface area contributed by atoms with Gasteiger partial charge in [0.15, 0.2) is 0 Å². The second-order valence-electron chi connectivity index (χ2n) is 10.1. The second kappa shape index (κ2) is 13.0. The van der Waals surface area contributed by atoms with Gasteiger partial charge in [-0.15, -0.1) is 0 Å². The number of fused-ring (bicyclic) bond motifs is 1. The lowest BCUT2D eigenvalue weighted by molar-refractivity contribution is -0.149. The van der Waals surface area contributed by atoms with Crippen molar-refractivity contribution in [3.63, 3.8) is 0 Å². The molecule has 1 heterocycles. The average molecular weight is 577 g/mol. The summed E-state index contributed by atoms with van der Waals surface area (Å²) >= 11 is 6.30. The third kappa shape index (κ3) is 7.11. The Morgan fingerprint density at radius 1 is 1.02 bits per heavy atom. The van der Waals surface area contributed by atoms with Crippen molar-refractivity contribution in [2.75, 3.05) is 23.3 Å². The van der Waals surface area contributed by atoms with Gasteiger partial charge in [0.1, 0.15) is 12.6 Å². The van der Waals surface area contributed by atoms with Crippen molar-refractivity contribution in [3.8, 4) is 0 Å². The highest BCUT2D eigenvalue weighted by atomic mass is 35.5. The van der Waals surface area contributed by atoms with E-state index >= 15 is 0 Å². The number of nitrogens with two attached hydrogens (primary N) is 1. The van der Waals surface area contributed by atoms with Gasteiger partial charge in [0.05, 0.1) is 11.7 Å². The van der Waals surface area contributed by atoms with E-state index < -0.39 is 24.0 Å². The third-order valence-corrected chi connectivity index (χ3v) is 7.15. The topological polar surface area (TPSA) is 131 Å². The van der Waals surface area contributed by atoms with E-state index in [9.17, 15) is 19.2 Å². The number of ether oxygens (including phenoxy) is 1. The van der Waals surface area contributed by atoms with Crippen LogP contribution in [0, 0.1) is 13.8 Å². The maximum Gasteiger partial charge on any atom is 0.326 e. The number of benzene rings is 3. The number of nitrogens with one attached hydrogen (secondary N) is 2. The van der Waals surface area contributed by atoms with Crippen molar-refractivity contribution in [2.24, 2.45) is 5.73 Å². The number of nitrogens with zero attached hydrogens (tertiary/aromatic N) is 1. The molecule has 214 valence electrons. The summed E-state index contributed by atoms with van der Waals surface area (Å²) in [5, 5.41) is 5.79. The molecular formula is C31H33ClN4O5. The van der Waals surface area contributed by atoms with Crippen molar-refractivity contribution < 1.29 is 23.9 Å². The summed E-state index contributed by atoms with van der Waals surface area (Å²) < 4.78 is 5.71. The molecule has 2 atom stereocenters. The first-order valence-electron chi connectivity index (χ1n) is 13.4. The van der Waals surface area contributed by atoms with Crippen molar-refractivity contribution in [1.82, 2.24) is 5.32 Å². The number of carbonyl (C=O) groups is 4. The minimum atomic E-state index is -0.748. The molecular weight excluding hydrogens is 544 g/mol. The fourth-order valence-electron chi connectivity index (χ4n) is 4.75. The van der Waals surface area contributed by atoms with Gasteiger partial charge in [-0.2, -0.15) is 0 Å². The lowest BCUT2D eigenvalue weighted by Crippen LogP contribution is -2.41. The Hall–Kier alpha value is -4.21. The zero-order valence-electron chi connectivity index (χ0n) is 23.2. The third-order valence-electron chi connectivity index (χ3n) is 6.92. The van der Waals surface area contributed by atoms with Gasteiger partial charge in [-0.3, -0.25) is 19.2 Å². The van der Waals surface area contributed by atoms with Crippen molar-refractivity contribution in [2.45, 2.75) is 45.8 Å². The van der Waals surface area contributed by atoms with E-state index in [0.717, 1.165) is 5.56 Å². The van der Waals surface area contributed by atoms with Crippen LogP contribution >= 0.6 is 11.6 Å². The number of hydrogen-bond donors (Lipinski definition) is 3. The lowest BCUT2D eigenvalue weighted by atomic mass is 10.0. The Bertz CT molecular complexity index is 1490. The quantitative estimate of drug-likeness (QED) is 0.350. The fraction of sp³-hybridized carbons (Fsp3) is 0.290. The van der Waals surface area contributed by atoms with E-state index in [2.05, 4.69) is 10.6 Å². The summed E-state index contributed by atoms with van der Waals surface area (Å²) in [5.74, 6) is -1.52. The largest absolute Gasteiger partial charge is 0.456 e. The highest BCUT2D eigenvalue weighted by molar-refractivity contribution is 6.30. The maximum absolute atomic E-state index is 13.8. The molecule has 0 saturated carbocycles. The standard InChI is InChI=1S/C31H33ClN4O5/c1-18-7-4-5-8-23(18)30(39)35-22-11-12-24(19(2)15-22)31(40)36-14-6-9-27(25-16-21(32)10-13-26(25)36)41-28(37)17-34-29(38)20(3)33/h4-5,7-8,10-13,15-16,20,27H,6,9,14,17,33H2,1-3H3,(H,34,38)(H,35,39)/t20-,27?/m0/s1. The molecule has 0 radical (unpaired) electrons. The molecule has 4 rings (SSSR count). The van der Waals surface area contributed by atoms with Crippen molar-refractivity contribution in [1.29, 1.82) is 0 Å². The van der Waals surface area contributed by atoms with Gasteiger partial charge in [-0.05, 0) is 87.2 Å². The smallest absolute Gasteiger partial charge is 0.326 e. The molecule has 1 unspecified atom stereocenters. The number of amides is 3. The minimum absolute atomic E-state index is 0.223. The van der Waals surface area contributed by atoms with Gasteiger partial charge >= 0.3 is 5.97 Å². The highest BCUT2D eigenvalue weighted by Crippen LogP contribution is 2.38. The number of halogens is 1. The van der Waals surface area contributed by atoms with E-state index in [0.29, 0.717) is 58.0 Å². The van der Waals surface area contributed by atoms with E-state index in [1.165, 1.54) is 6.92 Å². The van der Waals surface area contributed by atoms with Gasteiger partial charge in [0.2, 0.25) is 5.91 Å². The van der Waals surface area contributed by atoms with Crippen molar-refractivity contribution >= 4 is 46.7 Å². The Morgan fingerprint density at radius 2 is 1.78 bits per heavy atom. The first-order valence-corrected chi connectivity index (χ1v) is 13.7. The van der Waals surface area contributed by atoms with Gasteiger partial charge in [-0.25, -0.2) is 0 Å². The number of aryl methyl sites for hydroxylation is 2. The first kappa shape index (κ1) is 29.8. The Labute approximate surface area is 244 Å². The summed E-state index contributed by atoms with van der Waals surface area (Å²) in [4.78, 5) is 52.5. The van der Waals surface area contributed by atoms with Crippen LogP contribution in [0.25, 0.3) is 0 Å². The van der Waals surface area contributed by atoms with Gasteiger partial charge < -0.3 is 26.0 Å². The molecule has 3 aromatic rings. The molecule has 3 aromatic carbocycles. The summed E-state index contributed by atoms with van der Waals surface area (Å²) in [6.45, 7) is 5.29. The Balaban J connectivity index is 1.54. The summed E-state index contributed by atoms with van der Waals surface area (Å²) in [6, 6.07) is 16.9. The molecule has 3 amide bonds. The van der Waals surface area contributed by atoms with Crippen LogP contribution in [0.3, 0.4) is 0 Å².